The zero-order chi connectivity index (χ0) is 12.8. The van der Waals surface area contributed by atoms with Crippen molar-refractivity contribution in [2.45, 2.75) is 32.5 Å². The number of likely N-dealkylation sites (tertiary alicyclic amines) is 1. The van der Waals surface area contributed by atoms with Gasteiger partial charge in [-0.1, -0.05) is 0 Å². The van der Waals surface area contributed by atoms with Crippen molar-refractivity contribution in [2.24, 2.45) is 0 Å². The highest BCUT2D eigenvalue weighted by Gasteiger charge is 2.36. The summed E-state index contributed by atoms with van der Waals surface area (Å²) in [5.41, 5.74) is 0. The molecule has 0 radical (unpaired) electrons. The first-order valence-corrected chi connectivity index (χ1v) is 5.53. The van der Waals surface area contributed by atoms with Crippen LogP contribution in [-0.4, -0.2) is 48.7 Å². The van der Waals surface area contributed by atoms with E-state index in [0.717, 1.165) is 0 Å². The maximum atomic E-state index is 10.9. The van der Waals surface area contributed by atoms with Crippen LogP contribution < -0.4 is 0 Å². The summed E-state index contributed by atoms with van der Waals surface area (Å²) in [5, 5.41) is 0. The highest BCUT2D eigenvalue weighted by molar-refractivity contribution is 5.67. The van der Waals surface area contributed by atoms with Gasteiger partial charge >= 0.3 is 11.9 Å². The molecule has 0 saturated carbocycles. The van der Waals surface area contributed by atoms with Crippen LogP contribution >= 0.6 is 0 Å². The molecule has 0 unspecified atom stereocenters. The second kappa shape index (κ2) is 6.26. The number of carbonyl (C=O) groups excluding carboxylic acids is 2. The van der Waals surface area contributed by atoms with Crippen LogP contribution in [0, 0.1) is 12.3 Å². The van der Waals surface area contributed by atoms with E-state index in [-0.39, 0.29) is 11.9 Å². The molecule has 1 heterocycles. The molecule has 0 aromatic carbocycles. The number of hydrogen-bond acceptors (Lipinski definition) is 5. The molecule has 17 heavy (non-hydrogen) atoms. The van der Waals surface area contributed by atoms with Crippen LogP contribution in [-0.2, 0) is 19.1 Å². The predicted molar refractivity (Wildman–Crippen MR) is 61.0 cm³/mol. The monoisotopic (exact) mass is 239 g/mol. The number of terminal acetylenes is 1. The molecule has 5 heteroatoms. The van der Waals surface area contributed by atoms with Crippen molar-refractivity contribution in [3.05, 3.63) is 0 Å². The number of carbonyl (C=O) groups is 2. The minimum Gasteiger partial charge on any atom is -0.457 e. The topological polar surface area (TPSA) is 55.8 Å². The lowest BCUT2D eigenvalue weighted by atomic mass is 10.2. The number of ether oxygens (including phenoxy) is 2. The third-order valence-corrected chi connectivity index (χ3v) is 2.50. The summed E-state index contributed by atoms with van der Waals surface area (Å²) in [6.07, 6.45) is 5.03. The second-order valence-corrected chi connectivity index (χ2v) is 4.01. The van der Waals surface area contributed by atoms with Crippen LogP contribution in [0.5, 0.6) is 0 Å². The van der Waals surface area contributed by atoms with Gasteiger partial charge in [0.25, 0.3) is 0 Å². The molecule has 0 aliphatic carbocycles. The summed E-state index contributed by atoms with van der Waals surface area (Å²) >= 11 is 0. The van der Waals surface area contributed by atoms with E-state index < -0.39 is 12.2 Å². The average molecular weight is 239 g/mol. The number of rotatable bonds is 4. The Balaban J connectivity index is 2.55. The molecule has 1 aliphatic heterocycles. The lowest BCUT2D eigenvalue weighted by molar-refractivity contribution is -0.160. The molecule has 0 amide bonds. The van der Waals surface area contributed by atoms with E-state index in [1.165, 1.54) is 13.8 Å². The van der Waals surface area contributed by atoms with E-state index >= 15 is 0 Å². The first-order valence-electron chi connectivity index (χ1n) is 5.53. The molecule has 2 atom stereocenters. The van der Waals surface area contributed by atoms with Gasteiger partial charge in [0.05, 0.1) is 0 Å². The third kappa shape index (κ3) is 4.45. The maximum Gasteiger partial charge on any atom is 0.303 e. The fourth-order valence-electron chi connectivity index (χ4n) is 1.88. The SMILES string of the molecule is C#CCCN1C[C@H](OC(C)=O)[C@@H](OC(C)=O)C1. The number of hydrogen-bond donors (Lipinski definition) is 0. The molecule has 1 rings (SSSR count). The first kappa shape index (κ1) is 13.5. The summed E-state index contributed by atoms with van der Waals surface area (Å²) < 4.78 is 10.3. The maximum absolute atomic E-state index is 10.9. The average Bonchev–Trinajstić information content (AvgIpc) is 2.56. The lowest BCUT2D eigenvalue weighted by Crippen LogP contribution is -2.32. The van der Waals surface area contributed by atoms with Gasteiger partial charge in [-0.25, -0.2) is 0 Å². The minimum absolute atomic E-state index is 0.369. The summed E-state index contributed by atoms with van der Waals surface area (Å²) in [6, 6.07) is 0. The molecule has 5 nitrogen and oxygen atoms in total. The molecule has 1 aliphatic rings. The standard InChI is InChI=1S/C12H17NO4/c1-4-5-6-13-7-11(16-9(2)14)12(8-13)17-10(3)15/h1,11-12H,5-8H2,2-3H3/t11-,12-/m0/s1. The Bertz CT molecular complexity index is 310. The number of esters is 2. The zero-order valence-corrected chi connectivity index (χ0v) is 10.1. The van der Waals surface area contributed by atoms with Crippen LogP contribution in [0.4, 0.5) is 0 Å². The van der Waals surface area contributed by atoms with Gasteiger partial charge in [0.15, 0.2) is 12.2 Å². The fraction of sp³-hybridized carbons (Fsp3) is 0.667. The lowest BCUT2D eigenvalue weighted by Gasteiger charge is -2.17. The molecule has 0 N–H and O–H groups in total. The van der Waals surface area contributed by atoms with Gasteiger partial charge in [0.1, 0.15) is 0 Å². The highest BCUT2D eigenvalue weighted by atomic mass is 16.6. The van der Waals surface area contributed by atoms with Gasteiger partial charge in [-0.3, -0.25) is 14.5 Å². The molecule has 1 saturated heterocycles. The van der Waals surface area contributed by atoms with Gasteiger partial charge in [-0.2, -0.15) is 0 Å². The molecular weight excluding hydrogens is 222 g/mol. The quantitative estimate of drug-likeness (QED) is 0.518. The van der Waals surface area contributed by atoms with Crippen molar-refractivity contribution in [2.75, 3.05) is 19.6 Å². The largest absolute Gasteiger partial charge is 0.457 e. The van der Waals surface area contributed by atoms with Crippen molar-refractivity contribution in [1.29, 1.82) is 0 Å². The summed E-state index contributed by atoms with van der Waals surface area (Å²) in [7, 11) is 0. The second-order valence-electron chi connectivity index (χ2n) is 4.01. The Morgan fingerprint density at radius 2 is 1.71 bits per heavy atom. The van der Waals surface area contributed by atoms with Crippen molar-refractivity contribution in [3.63, 3.8) is 0 Å². The van der Waals surface area contributed by atoms with Gasteiger partial charge in [-0.15, -0.1) is 12.3 Å². The summed E-state index contributed by atoms with van der Waals surface area (Å²) in [6.45, 7) is 4.51. The van der Waals surface area contributed by atoms with Crippen molar-refractivity contribution in [3.8, 4) is 12.3 Å². The molecule has 0 aromatic rings. The third-order valence-electron chi connectivity index (χ3n) is 2.50. The highest BCUT2D eigenvalue weighted by Crippen LogP contribution is 2.17. The van der Waals surface area contributed by atoms with Crippen molar-refractivity contribution in [1.82, 2.24) is 4.90 Å². The summed E-state index contributed by atoms with van der Waals surface area (Å²) in [5.74, 6) is 1.81. The Hall–Kier alpha value is -1.54. The molecule has 0 bridgehead atoms. The fourth-order valence-corrected chi connectivity index (χ4v) is 1.88. The summed E-state index contributed by atoms with van der Waals surface area (Å²) in [4.78, 5) is 23.9. The van der Waals surface area contributed by atoms with Crippen LogP contribution in [0.25, 0.3) is 0 Å². The van der Waals surface area contributed by atoms with Gasteiger partial charge in [-0.05, 0) is 0 Å². The molecule has 0 spiro atoms. The van der Waals surface area contributed by atoms with Gasteiger partial charge in [0, 0.05) is 39.9 Å². The van der Waals surface area contributed by atoms with Gasteiger partial charge in [0.2, 0.25) is 0 Å². The predicted octanol–water partition coefficient (Wildman–Crippen LogP) is 0.189. The minimum atomic E-state index is -0.394. The Morgan fingerprint density at radius 1 is 1.24 bits per heavy atom. The van der Waals surface area contributed by atoms with Crippen molar-refractivity contribution < 1.29 is 19.1 Å². The normalized spacial score (nSPS) is 24.1. The van der Waals surface area contributed by atoms with E-state index in [1.807, 2.05) is 4.90 Å². The van der Waals surface area contributed by atoms with Crippen molar-refractivity contribution >= 4 is 11.9 Å². The van der Waals surface area contributed by atoms with E-state index in [0.29, 0.717) is 26.1 Å². The molecule has 94 valence electrons. The Morgan fingerprint density at radius 3 is 2.06 bits per heavy atom. The van der Waals surface area contributed by atoms with E-state index in [9.17, 15) is 9.59 Å². The van der Waals surface area contributed by atoms with E-state index in [1.54, 1.807) is 0 Å². The number of nitrogens with zero attached hydrogens (tertiary/aromatic N) is 1. The Labute approximate surface area is 101 Å². The Kier molecular flexibility index (Phi) is 4.98. The van der Waals surface area contributed by atoms with Gasteiger partial charge < -0.3 is 9.47 Å². The van der Waals surface area contributed by atoms with Crippen LogP contribution in [0.1, 0.15) is 20.3 Å². The van der Waals surface area contributed by atoms with E-state index in [2.05, 4.69) is 5.92 Å². The first-order chi connectivity index (χ1) is 8.02. The van der Waals surface area contributed by atoms with E-state index in [4.69, 9.17) is 15.9 Å². The van der Waals surface area contributed by atoms with Crippen LogP contribution in [0.3, 0.4) is 0 Å². The van der Waals surface area contributed by atoms with Crippen LogP contribution in [0.2, 0.25) is 0 Å². The molecule has 0 aromatic heterocycles. The van der Waals surface area contributed by atoms with Crippen LogP contribution in [0.15, 0.2) is 0 Å². The zero-order valence-electron chi connectivity index (χ0n) is 10.1. The molecular formula is C12H17NO4. The molecule has 1 fully saturated rings. The smallest absolute Gasteiger partial charge is 0.303 e.